The number of rotatable bonds is 3. The second-order valence-electron chi connectivity index (χ2n) is 7.12. The summed E-state index contributed by atoms with van der Waals surface area (Å²) in [5.74, 6) is 0.0985. The molecule has 0 unspecified atom stereocenters. The fraction of sp³-hybridized carbons (Fsp3) is 0.318. The monoisotopic (exact) mass is 435 g/mol. The molecule has 2 aromatic rings. The Morgan fingerprint density at radius 3 is 2.68 bits per heavy atom. The predicted octanol–water partition coefficient (Wildman–Crippen LogP) is 5.60. The first-order valence-electron chi connectivity index (χ1n) is 9.28. The van der Waals surface area contributed by atoms with Crippen molar-refractivity contribution in [1.29, 1.82) is 0 Å². The molecule has 1 N–H and O–H groups in total. The lowest BCUT2D eigenvalue weighted by molar-refractivity contribution is -0.143. The Kier molecular flexibility index (Phi) is 7.10. The van der Waals surface area contributed by atoms with Gasteiger partial charge in [-0.05, 0) is 66.4 Å². The van der Waals surface area contributed by atoms with Crippen molar-refractivity contribution in [2.45, 2.75) is 23.5 Å². The summed E-state index contributed by atoms with van der Waals surface area (Å²) in [6, 6.07) is 14.7. The van der Waals surface area contributed by atoms with E-state index in [1.165, 1.54) is 27.2 Å². The highest BCUT2D eigenvalue weighted by Gasteiger charge is 2.24. The van der Waals surface area contributed by atoms with Crippen LogP contribution in [0.25, 0.3) is 5.57 Å². The van der Waals surface area contributed by atoms with Crippen molar-refractivity contribution in [3.63, 3.8) is 0 Å². The van der Waals surface area contributed by atoms with Gasteiger partial charge >= 0.3 is 5.97 Å². The molecule has 6 heteroatoms. The molecule has 28 heavy (non-hydrogen) atoms. The molecule has 2 heterocycles. The molecule has 0 aromatic heterocycles. The van der Waals surface area contributed by atoms with Crippen LogP contribution in [-0.2, 0) is 10.5 Å². The molecule has 4 rings (SSSR count). The van der Waals surface area contributed by atoms with Crippen LogP contribution >= 0.6 is 35.8 Å². The van der Waals surface area contributed by atoms with E-state index in [-0.39, 0.29) is 18.3 Å². The molecule has 3 nitrogen and oxygen atoms in total. The number of nitrogens with zero attached hydrogens (tertiary/aromatic N) is 1. The minimum absolute atomic E-state index is 0. The van der Waals surface area contributed by atoms with Gasteiger partial charge in [0.15, 0.2) is 0 Å². The van der Waals surface area contributed by atoms with Gasteiger partial charge in [-0.3, -0.25) is 9.69 Å². The third kappa shape index (κ3) is 4.57. The number of carboxylic acids is 1. The van der Waals surface area contributed by atoms with E-state index in [1.807, 2.05) is 17.8 Å². The van der Waals surface area contributed by atoms with Crippen LogP contribution in [-0.4, -0.2) is 35.6 Å². The summed E-state index contributed by atoms with van der Waals surface area (Å²) in [5.41, 5.74) is 5.03. The highest BCUT2D eigenvalue weighted by atomic mass is 35.5. The zero-order chi connectivity index (χ0) is 18.8. The van der Waals surface area contributed by atoms with Gasteiger partial charge < -0.3 is 5.11 Å². The van der Waals surface area contributed by atoms with E-state index in [1.54, 1.807) is 0 Å². The molecule has 0 amide bonds. The summed E-state index contributed by atoms with van der Waals surface area (Å²) in [4.78, 5) is 14.8. The summed E-state index contributed by atoms with van der Waals surface area (Å²) in [6.45, 7) is 2.49. The standard InChI is InChI=1S/C22H22ClNO2S.ClH/c23-17-5-6-21-20(13-17)19(18-4-2-1-3-16(18)14-27-21)9-12-24-10-7-15(8-11-24)22(25)26;/h1-6,9,13,15H,7-8,10-12,14H2,(H,25,26);1H. The van der Waals surface area contributed by atoms with Crippen molar-refractivity contribution in [2.75, 3.05) is 19.6 Å². The van der Waals surface area contributed by atoms with Gasteiger partial charge in [0, 0.05) is 22.2 Å². The Morgan fingerprint density at radius 2 is 1.93 bits per heavy atom. The maximum atomic E-state index is 11.2. The van der Waals surface area contributed by atoms with E-state index in [0.29, 0.717) is 0 Å². The SMILES string of the molecule is Cl.O=C(O)C1CCN(CC=C2c3ccccc3CSc3ccc(Cl)cc32)CC1. The minimum atomic E-state index is -0.661. The van der Waals surface area contributed by atoms with Crippen LogP contribution in [0.15, 0.2) is 53.4 Å². The van der Waals surface area contributed by atoms with Gasteiger partial charge in [-0.15, -0.1) is 24.2 Å². The number of likely N-dealkylation sites (tertiary alicyclic amines) is 1. The van der Waals surface area contributed by atoms with E-state index in [4.69, 9.17) is 11.6 Å². The van der Waals surface area contributed by atoms with Gasteiger partial charge in [0.25, 0.3) is 0 Å². The van der Waals surface area contributed by atoms with Crippen LogP contribution in [0.1, 0.15) is 29.5 Å². The Bertz CT molecular complexity index is 892. The van der Waals surface area contributed by atoms with Crippen molar-refractivity contribution in [2.24, 2.45) is 5.92 Å². The lowest BCUT2D eigenvalue weighted by Gasteiger charge is -2.29. The molecule has 0 bridgehead atoms. The first kappa shape index (κ1) is 21.3. The maximum Gasteiger partial charge on any atom is 0.306 e. The van der Waals surface area contributed by atoms with Gasteiger partial charge in [-0.1, -0.05) is 41.9 Å². The molecule has 0 spiro atoms. The van der Waals surface area contributed by atoms with Crippen LogP contribution in [0.3, 0.4) is 0 Å². The van der Waals surface area contributed by atoms with Crippen LogP contribution in [0.5, 0.6) is 0 Å². The van der Waals surface area contributed by atoms with Gasteiger partial charge in [0.1, 0.15) is 0 Å². The third-order valence-corrected chi connectivity index (χ3v) is 6.77. The molecule has 2 aromatic carbocycles. The minimum Gasteiger partial charge on any atom is -0.481 e. The number of hydrogen-bond acceptors (Lipinski definition) is 3. The quantitative estimate of drug-likeness (QED) is 0.681. The fourth-order valence-corrected chi connectivity index (χ4v) is 5.07. The number of aliphatic carboxylic acids is 1. The lowest BCUT2D eigenvalue weighted by atomic mass is 9.93. The number of carbonyl (C=O) groups is 1. The van der Waals surface area contributed by atoms with E-state index >= 15 is 0 Å². The highest BCUT2D eigenvalue weighted by molar-refractivity contribution is 7.98. The topological polar surface area (TPSA) is 40.5 Å². The van der Waals surface area contributed by atoms with Crippen LogP contribution < -0.4 is 0 Å². The van der Waals surface area contributed by atoms with Gasteiger partial charge in [-0.2, -0.15) is 0 Å². The molecular formula is C22H23Cl2NO2S. The Balaban J connectivity index is 0.00000225. The first-order chi connectivity index (χ1) is 13.1. The number of piperidine rings is 1. The van der Waals surface area contributed by atoms with Crippen LogP contribution in [0.2, 0.25) is 5.02 Å². The van der Waals surface area contributed by atoms with E-state index < -0.39 is 5.97 Å². The largest absolute Gasteiger partial charge is 0.481 e. The number of hydrogen-bond donors (Lipinski definition) is 1. The summed E-state index contributed by atoms with van der Waals surface area (Å²) in [7, 11) is 0. The van der Waals surface area contributed by atoms with Crippen molar-refractivity contribution >= 4 is 47.3 Å². The molecule has 0 atom stereocenters. The molecule has 1 saturated heterocycles. The van der Waals surface area contributed by atoms with E-state index in [0.717, 1.165) is 43.3 Å². The van der Waals surface area contributed by atoms with Gasteiger partial charge in [-0.25, -0.2) is 0 Å². The second kappa shape index (κ2) is 9.36. The van der Waals surface area contributed by atoms with Crippen molar-refractivity contribution in [1.82, 2.24) is 4.90 Å². The van der Waals surface area contributed by atoms with Crippen LogP contribution in [0, 0.1) is 5.92 Å². The second-order valence-corrected chi connectivity index (χ2v) is 8.57. The molecule has 1 fully saturated rings. The molecule has 2 aliphatic rings. The Labute approximate surface area is 181 Å². The Hall–Kier alpha value is -1.46. The van der Waals surface area contributed by atoms with E-state index in [2.05, 4.69) is 47.4 Å². The predicted molar refractivity (Wildman–Crippen MR) is 119 cm³/mol. The average Bonchev–Trinajstić information content (AvgIpc) is 2.83. The van der Waals surface area contributed by atoms with Crippen LogP contribution in [0.4, 0.5) is 0 Å². The molecular weight excluding hydrogens is 413 g/mol. The Morgan fingerprint density at radius 1 is 1.18 bits per heavy atom. The summed E-state index contributed by atoms with van der Waals surface area (Å²) < 4.78 is 0. The number of halogens is 2. The summed E-state index contributed by atoms with van der Waals surface area (Å²) >= 11 is 8.17. The normalized spacial score (nSPS) is 18.7. The number of thioether (sulfide) groups is 1. The number of carboxylic acid groups (broad SMARTS) is 1. The number of benzene rings is 2. The summed E-state index contributed by atoms with van der Waals surface area (Å²) in [5, 5.41) is 9.94. The van der Waals surface area contributed by atoms with E-state index in [9.17, 15) is 9.90 Å². The average molecular weight is 436 g/mol. The van der Waals surface area contributed by atoms with Gasteiger partial charge in [0.05, 0.1) is 5.92 Å². The number of fused-ring (bicyclic) bond motifs is 2. The van der Waals surface area contributed by atoms with Gasteiger partial charge in [0.2, 0.25) is 0 Å². The maximum absolute atomic E-state index is 11.2. The molecule has 0 radical (unpaired) electrons. The zero-order valence-corrected chi connectivity index (χ0v) is 17.8. The summed E-state index contributed by atoms with van der Waals surface area (Å²) in [6.07, 6.45) is 3.75. The molecule has 2 aliphatic heterocycles. The van der Waals surface area contributed by atoms with Crippen molar-refractivity contribution in [3.8, 4) is 0 Å². The first-order valence-corrected chi connectivity index (χ1v) is 10.6. The molecule has 0 aliphatic carbocycles. The fourth-order valence-electron chi connectivity index (χ4n) is 3.85. The van der Waals surface area contributed by atoms with Crippen molar-refractivity contribution in [3.05, 3.63) is 70.3 Å². The highest BCUT2D eigenvalue weighted by Crippen LogP contribution is 2.41. The van der Waals surface area contributed by atoms with Crippen molar-refractivity contribution < 1.29 is 9.90 Å². The smallest absolute Gasteiger partial charge is 0.306 e. The molecule has 148 valence electrons. The molecule has 0 saturated carbocycles. The zero-order valence-electron chi connectivity index (χ0n) is 15.4. The third-order valence-electron chi connectivity index (χ3n) is 5.41. The lowest BCUT2D eigenvalue weighted by Crippen LogP contribution is -2.36.